The van der Waals surface area contributed by atoms with Gasteiger partial charge in [0.25, 0.3) is 5.91 Å². The fourth-order valence-corrected chi connectivity index (χ4v) is 3.24. The zero-order valence-corrected chi connectivity index (χ0v) is 14.5. The average molecular weight is 311 g/mol. The number of aliphatic imine (C=N–C) groups is 2. The summed E-state index contributed by atoms with van der Waals surface area (Å²) in [6.45, 7) is 10.8. The molecule has 2 aliphatic rings. The Morgan fingerprint density at radius 1 is 1.04 bits per heavy atom. The Morgan fingerprint density at radius 3 is 2.26 bits per heavy atom. The lowest BCUT2D eigenvalue weighted by Crippen LogP contribution is -2.44. The molecule has 0 aromatic heterocycles. The highest BCUT2D eigenvalue weighted by atomic mass is 16.1. The summed E-state index contributed by atoms with van der Waals surface area (Å²) in [5.41, 5.74) is 0.209. The summed E-state index contributed by atoms with van der Waals surface area (Å²) in [6.07, 6.45) is 2.43. The van der Waals surface area contributed by atoms with E-state index in [2.05, 4.69) is 37.6 Å². The summed E-state index contributed by atoms with van der Waals surface area (Å²) in [4.78, 5) is 24.0. The molecule has 23 heavy (non-hydrogen) atoms. The maximum atomic E-state index is 12.5. The topological polar surface area (TPSA) is 45.0 Å². The molecule has 1 amide bonds. The van der Waals surface area contributed by atoms with Gasteiger partial charge in [-0.15, -0.1) is 0 Å². The number of hydrogen-bond donors (Lipinski definition) is 0. The number of rotatable bonds is 1. The minimum atomic E-state index is -0.268. The smallest absolute Gasteiger partial charge is 0.278 e. The van der Waals surface area contributed by atoms with Crippen molar-refractivity contribution in [3.63, 3.8) is 0 Å². The van der Waals surface area contributed by atoms with Crippen LogP contribution in [0.5, 0.6) is 0 Å². The molecule has 3 rings (SSSR count). The Balaban J connectivity index is 1.97. The molecule has 2 heterocycles. The SMILES string of the molecule is CC1(C)C(=NC(=O)c2ccccc2)N=C(N2CCCC2)C1(C)C. The van der Waals surface area contributed by atoms with Gasteiger partial charge in [0.2, 0.25) is 0 Å². The molecule has 0 bridgehead atoms. The number of likely N-dealkylation sites (tertiary alicyclic amines) is 1. The molecule has 1 aromatic carbocycles. The Kier molecular flexibility index (Phi) is 3.86. The van der Waals surface area contributed by atoms with Gasteiger partial charge in [-0.2, -0.15) is 4.99 Å². The third-order valence-electron chi connectivity index (χ3n) is 5.53. The second kappa shape index (κ2) is 5.59. The maximum Gasteiger partial charge on any atom is 0.278 e. The molecular weight excluding hydrogens is 286 g/mol. The molecule has 1 aromatic rings. The molecule has 0 spiro atoms. The first-order chi connectivity index (χ1) is 10.8. The van der Waals surface area contributed by atoms with Gasteiger partial charge in [-0.1, -0.05) is 45.9 Å². The highest BCUT2D eigenvalue weighted by Crippen LogP contribution is 2.47. The van der Waals surface area contributed by atoms with Crippen LogP contribution in [0, 0.1) is 10.8 Å². The van der Waals surface area contributed by atoms with Gasteiger partial charge in [0.1, 0.15) is 11.7 Å². The molecule has 1 fully saturated rings. The lowest BCUT2D eigenvalue weighted by Gasteiger charge is -2.38. The average Bonchev–Trinajstić information content (AvgIpc) is 3.09. The molecular formula is C19H25N3O. The Morgan fingerprint density at radius 2 is 1.65 bits per heavy atom. The number of hydrogen-bond acceptors (Lipinski definition) is 2. The van der Waals surface area contributed by atoms with E-state index in [1.807, 2.05) is 18.2 Å². The van der Waals surface area contributed by atoms with Crippen molar-refractivity contribution in [1.82, 2.24) is 4.90 Å². The van der Waals surface area contributed by atoms with Crippen molar-refractivity contribution >= 4 is 17.6 Å². The summed E-state index contributed by atoms with van der Waals surface area (Å²) in [5.74, 6) is 1.52. The molecule has 0 radical (unpaired) electrons. The van der Waals surface area contributed by atoms with Crippen molar-refractivity contribution < 1.29 is 4.79 Å². The lowest BCUT2D eigenvalue weighted by atomic mass is 9.68. The van der Waals surface area contributed by atoms with E-state index in [1.54, 1.807) is 12.1 Å². The summed E-state index contributed by atoms with van der Waals surface area (Å²) in [7, 11) is 0. The summed E-state index contributed by atoms with van der Waals surface area (Å²) >= 11 is 0. The lowest BCUT2D eigenvalue weighted by molar-refractivity contribution is 0.100. The van der Waals surface area contributed by atoms with E-state index in [0.717, 1.165) is 18.9 Å². The minimum absolute atomic E-state index is 0.132. The maximum absolute atomic E-state index is 12.5. The second-order valence-corrected chi connectivity index (χ2v) is 7.49. The fourth-order valence-electron chi connectivity index (χ4n) is 3.24. The molecule has 0 N–H and O–H groups in total. The predicted octanol–water partition coefficient (Wildman–Crippen LogP) is 3.79. The van der Waals surface area contributed by atoms with Crippen LogP contribution in [0.4, 0.5) is 0 Å². The third-order valence-corrected chi connectivity index (χ3v) is 5.53. The van der Waals surface area contributed by atoms with Crippen molar-refractivity contribution in [3.05, 3.63) is 35.9 Å². The van der Waals surface area contributed by atoms with E-state index in [-0.39, 0.29) is 16.7 Å². The van der Waals surface area contributed by atoms with Crippen LogP contribution in [-0.4, -0.2) is 35.6 Å². The van der Waals surface area contributed by atoms with Crippen LogP contribution in [0.2, 0.25) is 0 Å². The second-order valence-electron chi connectivity index (χ2n) is 7.49. The fraction of sp³-hybridized carbons (Fsp3) is 0.526. The standard InChI is InChI=1S/C19H25N3O/c1-18(2)16(20-15(23)14-10-6-5-7-11-14)21-17(19(18,3)4)22-12-8-9-13-22/h5-7,10-11H,8-9,12-13H2,1-4H3. The van der Waals surface area contributed by atoms with Gasteiger partial charge < -0.3 is 4.90 Å². The number of amidine groups is 2. The first-order valence-corrected chi connectivity index (χ1v) is 8.37. The van der Waals surface area contributed by atoms with Crippen molar-refractivity contribution in [2.45, 2.75) is 40.5 Å². The van der Waals surface area contributed by atoms with E-state index in [4.69, 9.17) is 4.99 Å². The van der Waals surface area contributed by atoms with Gasteiger partial charge in [-0.25, -0.2) is 4.99 Å². The van der Waals surface area contributed by atoms with E-state index >= 15 is 0 Å². The number of amides is 1. The summed E-state index contributed by atoms with van der Waals surface area (Å²) in [5, 5.41) is 0. The van der Waals surface area contributed by atoms with Crippen molar-refractivity contribution in [3.8, 4) is 0 Å². The predicted molar refractivity (Wildman–Crippen MR) is 94.0 cm³/mol. The molecule has 4 nitrogen and oxygen atoms in total. The van der Waals surface area contributed by atoms with Gasteiger partial charge in [-0.05, 0) is 25.0 Å². The monoisotopic (exact) mass is 311 g/mol. The highest BCUT2D eigenvalue weighted by Gasteiger charge is 2.52. The van der Waals surface area contributed by atoms with E-state index in [9.17, 15) is 4.79 Å². The van der Waals surface area contributed by atoms with Crippen LogP contribution in [0.3, 0.4) is 0 Å². The zero-order valence-electron chi connectivity index (χ0n) is 14.5. The van der Waals surface area contributed by atoms with Crippen LogP contribution in [0.1, 0.15) is 50.9 Å². The van der Waals surface area contributed by atoms with Crippen molar-refractivity contribution in [2.24, 2.45) is 20.8 Å². The zero-order chi connectivity index (χ0) is 16.7. The van der Waals surface area contributed by atoms with Crippen LogP contribution in [-0.2, 0) is 0 Å². The molecule has 0 atom stereocenters. The minimum Gasteiger partial charge on any atom is -0.360 e. The Bertz CT molecular complexity index is 665. The molecule has 122 valence electrons. The molecule has 0 saturated carbocycles. The summed E-state index contributed by atoms with van der Waals surface area (Å²) in [6, 6.07) is 9.21. The van der Waals surface area contributed by atoms with Crippen molar-refractivity contribution in [2.75, 3.05) is 13.1 Å². The quantitative estimate of drug-likeness (QED) is 0.792. The van der Waals surface area contributed by atoms with Gasteiger partial charge in [-0.3, -0.25) is 4.79 Å². The summed E-state index contributed by atoms with van der Waals surface area (Å²) < 4.78 is 0. The molecule has 0 aliphatic carbocycles. The molecule has 2 aliphatic heterocycles. The Labute approximate surface area is 138 Å². The largest absolute Gasteiger partial charge is 0.360 e. The third kappa shape index (κ3) is 2.60. The van der Waals surface area contributed by atoms with E-state index in [1.165, 1.54) is 12.8 Å². The number of nitrogens with zero attached hydrogens (tertiary/aromatic N) is 3. The van der Waals surface area contributed by atoms with Crippen LogP contribution >= 0.6 is 0 Å². The van der Waals surface area contributed by atoms with Crippen molar-refractivity contribution in [1.29, 1.82) is 0 Å². The van der Waals surface area contributed by atoms with Gasteiger partial charge >= 0.3 is 0 Å². The van der Waals surface area contributed by atoms with E-state index in [0.29, 0.717) is 11.4 Å². The molecule has 1 saturated heterocycles. The van der Waals surface area contributed by atoms with E-state index < -0.39 is 0 Å². The van der Waals surface area contributed by atoms with Crippen LogP contribution in [0.15, 0.2) is 40.3 Å². The number of carbonyl (C=O) groups is 1. The normalized spacial score (nSPS) is 24.1. The van der Waals surface area contributed by atoms with Gasteiger partial charge in [0.15, 0.2) is 0 Å². The Hall–Kier alpha value is -1.97. The van der Waals surface area contributed by atoms with Gasteiger partial charge in [0.05, 0.1) is 0 Å². The molecule has 4 heteroatoms. The van der Waals surface area contributed by atoms with Crippen LogP contribution in [0.25, 0.3) is 0 Å². The number of benzene rings is 1. The molecule has 0 unspecified atom stereocenters. The number of carbonyl (C=O) groups excluding carboxylic acids is 1. The first kappa shape index (κ1) is 15.9. The van der Waals surface area contributed by atoms with Crippen LogP contribution < -0.4 is 0 Å². The first-order valence-electron chi connectivity index (χ1n) is 8.37. The van der Waals surface area contributed by atoms with Gasteiger partial charge in [0, 0.05) is 29.5 Å². The highest BCUT2D eigenvalue weighted by molar-refractivity contribution is 6.14.